The Morgan fingerprint density at radius 1 is 1.19 bits per heavy atom. The van der Waals surface area contributed by atoms with E-state index in [2.05, 4.69) is 22.5 Å². The Kier molecular flexibility index (Phi) is 4.67. The fraction of sp³-hybridized carbons (Fsp3) is 0.273. The van der Waals surface area contributed by atoms with Gasteiger partial charge in [-0.25, -0.2) is 0 Å². The summed E-state index contributed by atoms with van der Waals surface area (Å²) in [7, 11) is 1.87. The van der Waals surface area contributed by atoms with Crippen LogP contribution in [0.5, 0.6) is 5.75 Å². The molecule has 0 unspecified atom stereocenters. The van der Waals surface area contributed by atoms with E-state index in [-0.39, 0.29) is 11.9 Å². The van der Waals surface area contributed by atoms with Crippen molar-refractivity contribution < 1.29 is 9.53 Å². The summed E-state index contributed by atoms with van der Waals surface area (Å²) >= 11 is 0. The SMILES string of the molecule is C[C@@H](CCc1ccccc1)NC(=O)c1nn(C)c2c1COc1ccccc1-2. The molecule has 138 valence electrons. The van der Waals surface area contributed by atoms with Gasteiger partial charge in [0.15, 0.2) is 5.69 Å². The first kappa shape index (κ1) is 17.3. The van der Waals surface area contributed by atoms with Gasteiger partial charge in [-0.3, -0.25) is 9.48 Å². The third-order valence-corrected chi connectivity index (χ3v) is 4.96. The molecule has 5 heteroatoms. The molecule has 0 bridgehead atoms. The Morgan fingerprint density at radius 2 is 1.93 bits per heavy atom. The number of aryl methyl sites for hydroxylation is 2. The van der Waals surface area contributed by atoms with Crippen LogP contribution >= 0.6 is 0 Å². The number of carbonyl (C=O) groups excluding carboxylic acids is 1. The molecular weight excluding hydrogens is 338 g/mol. The summed E-state index contributed by atoms with van der Waals surface area (Å²) < 4.78 is 7.61. The standard InChI is InChI=1S/C22H23N3O2/c1-15(12-13-16-8-4-3-5-9-16)23-22(26)20-18-14-27-19-11-7-6-10-17(19)21(18)25(2)24-20/h3-11,15H,12-14H2,1-2H3,(H,23,26)/t15-/m0/s1. The lowest BCUT2D eigenvalue weighted by Crippen LogP contribution is -2.34. The summed E-state index contributed by atoms with van der Waals surface area (Å²) in [6.45, 7) is 2.39. The topological polar surface area (TPSA) is 56.2 Å². The number of aromatic nitrogens is 2. The number of ether oxygens (including phenoxy) is 1. The van der Waals surface area contributed by atoms with Gasteiger partial charge in [0, 0.05) is 24.2 Å². The van der Waals surface area contributed by atoms with Crippen molar-refractivity contribution in [2.45, 2.75) is 32.4 Å². The Hall–Kier alpha value is -3.08. The van der Waals surface area contributed by atoms with Gasteiger partial charge in [0.25, 0.3) is 5.91 Å². The number of nitrogens with zero attached hydrogens (tertiary/aromatic N) is 2. The summed E-state index contributed by atoms with van der Waals surface area (Å²) in [6, 6.07) is 18.2. The van der Waals surface area contributed by atoms with Gasteiger partial charge in [0.1, 0.15) is 12.4 Å². The maximum Gasteiger partial charge on any atom is 0.272 e. The van der Waals surface area contributed by atoms with Crippen LogP contribution in [0.1, 0.15) is 35.0 Å². The second-order valence-electron chi connectivity index (χ2n) is 6.98. The Balaban J connectivity index is 1.49. The average Bonchev–Trinajstić information content (AvgIpc) is 3.04. The van der Waals surface area contributed by atoms with Crippen LogP contribution in [-0.2, 0) is 20.1 Å². The first-order valence-corrected chi connectivity index (χ1v) is 9.26. The highest BCUT2D eigenvalue weighted by Crippen LogP contribution is 2.38. The van der Waals surface area contributed by atoms with Crippen LogP contribution in [0.15, 0.2) is 54.6 Å². The lowest BCUT2D eigenvalue weighted by Gasteiger charge is -2.19. The van der Waals surface area contributed by atoms with Gasteiger partial charge in [0.05, 0.1) is 5.69 Å². The molecule has 3 aromatic rings. The predicted molar refractivity (Wildman–Crippen MR) is 105 cm³/mol. The number of carbonyl (C=O) groups is 1. The molecule has 1 aliphatic heterocycles. The van der Waals surface area contributed by atoms with Crippen molar-refractivity contribution in [3.05, 3.63) is 71.4 Å². The van der Waals surface area contributed by atoms with Crippen LogP contribution in [0.3, 0.4) is 0 Å². The molecule has 1 aromatic heterocycles. The minimum atomic E-state index is -0.143. The van der Waals surface area contributed by atoms with E-state index in [1.807, 2.05) is 56.4 Å². The van der Waals surface area contributed by atoms with E-state index >= 15 is 0 Å². The van der Waals surface area contributed by atoms with Crippen molar-refractivity contribution in [3.8, 4) is 17.0 Å². The van der Waals surface area contributed by atoms with Crippen molar-refractivity contribution >= 4 is 5.91 Å². The second kappa shape index (κ2) is 7.27. The zero-order valence-electron chi connectivity index (χ0n) is 15.6. The number of hydrogen-bond acceptors (Lipinski definition) is 3. The van der Waals surface area contributed by atoms with Crippen LogP contribution < -0.4 is 10.1 Å². The second-order valence-corrected chi connectivity index (χ2v) is 6.98. The van der Waals surface area contributed by atoms with E-state index in [0.29, 0.717) is 12.3 Å². The number of nitrogens with one attached hydrogen (secondary N) is 1. The Morgan fingerprint density at radius 3 is 2.74 bits per heavy atom. The van der Waals surface area contributed by atoms with Gasteiger partial charge >= 0.3 is 0 Å². The van der Waals surface area contributed by atoms with Crippen molar-refractivity contribution in [2.75, 3.05) is 0 Å². The zero-order valence-corrected chi connectivity index (χ0v) is 15.6. The largest absolute Gasteiger partial charge is 0.488 e. The van der Waals surface area contributed by atoms with E-state index in [1.54, 1.807) is 4.68 Å². The monoisotopic (exact) mass is 361 g/mol. The van der Waals surface area contributed by atoms with Crippen molar-refractivity contribution in [1.82, 2.24) is 15.1 Å². The molecule has 0 radical (unpaired) electrons. The van der Waals surface area contributed by atoms with Crippen molar-refractivity contribution in [1.29, 1.82) is 0 Å². The van der Waals surface area contributed by atoms with E-state index < -0.39 is 0 Å². The molecule has 2 heterocycles. The fourth-order valence-corrected chi connectivity index (χ4v) is 3.55. The minimum absolute atomic E-state index is 0.0622. The fourth-order valence-electron chi connectivity index (χ4n) is 3.55. The molecule has 0 saturated carbocycles. The third-order valence-electron chi connectivity index (χ3n) is 4.96. The molecule has 0 spiro atoms. The van der Waals surface area contributed by atoms with E-state index in [4.69, 9.17) is 4.74 Å². The predicted octanol–water partition coefficient (Wildman–Crippen LogP) is 3.73. The molecule has 5 nitrogen and oxygen atoms in total. The highest BCUT2D eigenvalue weighted by Gasteiger charge is 2.28. The van der Waals surface area contributed by atoms with Gasteiger partial charge < -0.3 is 10.1 Å². The summed E-state index contributed by atoms with van der Waals surface area (Å²) in [6.07, 6.45) is 1.81. The number of hydrogen-bond donors (Lipinski definition) is 1. The van der Waals surface area contributed by atoms with Gasteiger partial charge in [-0.15, -0.1) is 0 Å². The quantitative estimate of drug-likeness (QED) is 0.753. The summed E-state index contributed by atoms with van der Waals surface area (Å²) in [4.78, 5) is 12.8. The number of fused-ring (bicyclic) bond motifs is 3. The van der Waals surface area contributed by atoms with E-state index in [9.17, 15) is 4.79 Å². The van der Waals surface area contributed by atoms with Crippen molar-refractivity contribution in [3.63, 3.8) is 0 Å². The number of para-hydroxylation sites is 1. The van der Waals surface area contributed by atoms with Gasteiger partial charge in [-0.05, 0) is 37.5 Å². The first-order chi connectivity index (χ1) is 13.1. The van der Waals surface area contributed by atoms with Crippen LogP contribution in [0.2, 0.25) is 0 Å². The zero-order chi connectivity index (χ0) is 18.8. The minimum Gasteiger partial charge on any atom is -0.488 e. The van der Waals surface area contributed by atoms with Gasteiger partial charge in [0.2, 0.25) is 0 Å². The van der Waals surface area contributed by atoms with Crippen LogP contribution in [0.4, 0.5) is 0 Å². The maximum atomic E-state index is 12.8. The van der Waals surface area contributed by atoms with Gasteiger partial charge in [-0.2, -0.15) is 5.10 Å². The molecule has 1 N–H and O–H groups in total. The normalized spacial score (nSPS) is 13.3. The molecule has 1 aliphatic rings. The molecule has 27 heavy (non-hydrogen) atoms. The maximum absolute atomic E-state index is 12.8. The summed E-state index contributed by atoms with van der Waals surface area (Å²) in [5, 5.41) is 7.57. The average molecular weight is 361 g/mol. The van der Waals surface area contributed by atoms with Crippen LogP contribution in [0.25, 0.3) is 11.3 Å². The lowest BCUT2D eigenvalue weighted by atomic mass is 10.0. The molecule has 2 aromatic carbocycles. The third kappa shape index (κ3) is 3.45. The number of amides is 1. The number of benzene rings is 2. The highest BCUT2D eigenvalue weighted by molar-refractivity contribution is 5.96. The van der Waals surface area contributed by atoms with Crippen molar-refractivity contribution in [2.24, 2.45) is 7.05 Å². The smallest absolute Gasteiger partial charge is 0.272 e. The molecular formula is C22H23N3O2. The number of rotatable bonds is 5. The summed E-state index contributed by atoms with van der Waals surface area (Å²) in [5.74, 6) is 0.687. The molecule has 0 saturated heterocycles. The highest BCUT2D eigenvalue weighted by atomic mass is 16.5. The molecule has 1 amide bonds. The van der Waals surface area contributed by atoms with Gasteiger partial charge in [-0.1, -0.05) is 42.5 Å². The van der Waals surface area contributed by atoms with E-state index in [0.717, 1.165) is 35.4 Å². The first-order valence-electron chi connectivity index (χ1n) is 9.26. The Labute approximate surface area is 159 Å². The van der Waals surface area contributed by atoms with Crippen LogP contribution in [0, 0.1) is 0 Å². The molecule has 1 atom stereocenters. The lowest BCUT2D eigenvalue weighted by molar-refractivity contribution is 0.0930. The molecule has 0 aliphatic carbocycles. The Bertz CT molecular complexity index is 963. The van der Waals surface area contributed by atoms with Crippen LogP contribution in [-0.4, -0.2) is 21.7 Å². The molecule has 4 rings (SSSR count). The molecule has 0 fully saturated rings. The summed E-state index contributed by atoms with van der Waals surface area (Å²) in [5.41, 5.74) is 4.51. The van der Waals surface area contributed by atoms with E-state index in [1.165, 1.54) is 5.56 Å².